The van der Waals surface area contributed by atoms with E-state index in [1.165, 1.54) is 38.5 Å². The van der Waals surface area contributed by atoms with Crippen molar-refractivity contribution in [3.8, 4) is 23.0 Å². The van der Waals surface area contributed by atoms with Gasteiger partial charge < -0.3 is 23.6 Å². The first-order chi connectivity index (χ1) is 23.6. The molecule has 268 valence electrons. The Morgan fingerprint density at radius 3 is 1.63 bits per heavy atom. The van der Waals surface area contributed by atoms with Crippen LogP contribution in [0.2, 0.25) is 0 Å². The molecule has 3 rings (SSSR count). The SMILES string of the molecule is CCCCCCCCCCOc1ccc(C(=O)Oc2ccc(C(=O)Oc3ccc(O[PH](=O)O)c(CC(C)CC)c3C[C@@H](C)CC)cc2)cc1. The van der Waals surface area contributed by atoms with Gasteiger partial charge in [-0.3, -0.25) is 0 Å². The molecule has 9 heteroatoms. The van der Waals surface area contributed by atoms with Crippen LogP contribution in [0.5, 0.6) is 23.0 Å². The fraction of sp³-hybridized carbons (Fsp3) is 0.500. The zero-order valence-corrected chi connectivity index (χ0v) is 30.9. The fourth-order valence-corrected chi connectivity index (χ4v) is 5.84. The number of rotatable bonds is 22. The van der Waals surface area contributed by atoms with E-state index in [4.69, 9.17) is 18.7 Å². The zero-order chi connectivity index (χ0) is 35.6. The third kappa shape index (κ3) is 13.7. The maximum absolute atomic E-state index is 13.3. The van der Waals surface area contributed by atoms with Gasteiger partial charge in [0.25, 0.3) is 0 Å². The molecule has 3 aromatic carbocycles. The summed E-state index contributed by atoms with van der Waals surface area (Å²) in [5, 5.41) is 0. The Bertz CT molecular complexity index is 1470. The van der Waals surface area contributed by atoms with Gasteiger partial charge in [0.05, 0.1) is 17.7 Å². The molecule has 3 atom stereocenters. The Balaban J connectivity index is 1.60. The third-order valence-corrected chi connectivity index (χ3v) is 9.30. The molecule has 0 saturated carbocycles. The van der Waals surface area contributed by atoms with E-state index < -0.39 is 20.2 Å². The monoisotopic (exact) mass is 694 g/mol. The standard InChI is InChI=1S/C40H55O8P/c1-6-9-10-11-12-13-14-15-26-45-33-20-16-31(17-21-33)39(41)46-34-22-18-32(19-23-34)40(42)47-37-24-25-38(48-49(43)44)36(28-30(5)8-3)35(37)27-29(4)7-2/h16-25,29-30,49H,6-15,26-28H2,1-5H3,(H,43,44)/t29-,30?/m0/s1. The van der Waals surface area contributed by atoms with Gasteiger partial charge in [0, 0.05) is 11.1 Å². The number of carbonyl (C=O) groups excluding carboxylic acids is 2. The molecule has 0 aliphatic carbocycles. The summed E-state index contributed by atoms with van der Waals surface area (Å²) < 4.78 is 34.3. The molecule has 0 fully saturated rings. The molecular weight excluding hydrogens is 639 g/mol. The predicted molar refractivity (Wildman–Crippen MR) is 196 cm³/mol. The molecule has 8 nitrogen and oxygen atoms in total. The van der Waals surface area contributed by atoms with Crippen molar-refractivity contribution in [1.82, 2.24) is 0 Å². The van der Waals surface area contributed by atoms with Crippen LogP contribution in [0, 0.1) is 11.8 Å². The molecule has 3 aromatic rings. The van der Waals surface area contributed by atoms with E-state index >= 15 is 0 Å². The van der Waals surface area contributed by atoms with Gasteiger partial charge in [-0.2, -0.15) is 0 Å². The fourth-order valence-electron chi connectivity index (χ4n) is 5.47. The molecule has 0 amide bonds. The number of ether oxygens (including phenoxy) is 3. The number of hydrogen-bond acceptors (Lipinski definition) is 7. The van der Waals surface area contributed by atoms with E-state index in [9.17, 15) is 19.0 Å². The summed E-state index contributed by atoms with van der Waals surface area (Å²) in [6.45, 7) is 11.3. The maximum atomic E-state index is 13.3. The highest BCUT2D eigenvalue weighted by molar-refractivity contribution is 7.32. The van der Waals surface area contributed by atoms with Gasteiger partial charge >= 0.3 is 20.2 Å². The average Bonchev–Trinajstić information content (AvgIpc) is 3.09. The van der Waals surface area contributed by atoms with Gasteiger partial charge in [-0.1, -0.05) is 92.4 Å². The lowest BCUT2D eigenvalue weighted by Gasteiger charge is -2.22. The summed E-state index contributed by atoms with van der Waals surface area (Å²) in [6, 6.07) is 16.3. The summed E-state index contributed by atoms with van der Waals surface area (Å²) in [6.07, 6.45) is 13.0. The molecule has 0 bridgehead atoms. The van der Waals surface area contributed by atoms with Gasteiger partial charge in [-0.15, -0.1) is 0 Å². The normalized spacial score (nSPS) is 12.9. The van der Waals surface area contributed by atoms with Crippen LogP contribution in [0.15, 0.2) is 60.7 Å². The van der Waals surface area contributed by atoms with Crippen LogP contribution < -0.4 is 18.7 Å². The number of carbonyl (C=O) groups is 2. The van der Waals surface area contributed by atoms with Crippen LogP contribution in [0.1, 0.15) is 131 Å². The summed E-state index contributed by atoms with van der Waals surface area (Å²) in [5.74, 6) is 1.25. The topological polar surface area (TPSA) is 108 Å². The smallest absolute Gasteiger partial charge is 0.365 e. The summed E-state index contributed by atoms with van der Waals surface area (Å²) >= 11 is 0. The number of hydrogen-bond donors (Lipinski definition) is 1. The van der Waals surface area contributed by atoms with E-state index in [0.717, 1.165) is 36.8 Å². The lowest BCUT2D eigenvalue weighted by atomic mass is 9.88. The third-order valence-electron chi connectivity index (χ3n) is 8.90. The molecular formula is C40H55O8P. The minimum atomic E-state index is -3.22. The van der Waals surface area contributed by atoms with Crippen LogP contribution in [-0.4, -0.2) is 23.4 Å². The maximum Gasteiger partial charge on any atom is 0.365 e. The molecule has 1 N–H and O–H groups in total. The minimum absolute atomic E-state index is 0.284. The van der Waals surface area contributed by atoms with Crippen molar-refractivity contribution in [3.05, 3.63) is 82.9 Å². The van der Waals surface area contributed by atoms with Gasteiger partial charge in [0.15, 0.2) is 0 Å². The molecule has 49 heavy (non-hydrogen) atoms. The first kappa shape index (κ1) is 39.8. The average molecular weight is 695 g/mol. The molecule has 0 radical (unpaired) electrons. The van der Waals surface area contributed by atoms with Crippen molar-refractivity contribution in [2.24, 2.45) is 11.8 Å². The van der Waals surface area contributed by atoms with Crippen molar-refractivity contribution in [2.75, 3.05) is 6.61 Å². The van der Waals surface area contributed by atoms with Crippen molar-refractivity contribution in [2.45, 2.75) is 112 Å². The predicted octanol–water partition coefficient (Wildman–Crippen LogP) is 10.6. The van der Waals surface area contributed by atoms with Crippen molar-refractivity contribution < 1.29 is 37.8 Å². The molecule has 0 heterocycles. The highest BCUT2D eigenvalue weighted by Crippen LogP contribution is 2.38. The van der Waals surface area contributed by atoms with Gasteiger partial charge in [-0.05, 0) is 91.8 Å². The van der Waals surface area contributed by atoms with E-state index in [0.29, 0.717) is 48.0 Å². The van der Waals surface area contributed by atoms with Gasteiger partial charge in [-0.25, -0.2) is 14.2 Å². The minimum Gasteiger partial charge on any atom is -0.494 e. The second-order valence-corrected chi connectivity index (χ2v) is 13.7. The lowest BCUT2D eigenvalue weighted by Crippen LogP contribution is -2.14. The molecule has 2 unspecified atom stereocenters. The van der Waals surface area contributed by atoms with Gasteiger partial charge in [0.2, 0.25) is 0 Å². The molecule has 0 aliphatic heterocycles. The van der Waals surface area contributed by atoms with Crippen LogP contribution >= 0.6 is 8.25 Å². The Morgan fingerprint density at radius 1 is 0.633 bits per heavy atom. The number of unbranched alkanes of at least 4 members (excludes halogenated alkanes) is 7. The quantitative estimate of drug-likeness (QED) is 0.0479. The van der Waals surface area contributed by atoms with Gasteiger partial charge in [0.1, 0.15) is 23.0 Å². The number of esters is 2. The van der Waals surface area contributed by atoms with Crippen molar-refractivity contribution in [3.63, 3.8) is 0 Å². The summed E-state index contributed by atoms with van der Waals surface area (Å²) in [5.41, 5.74) is 2.27. The first-order valence-corrected chi connectivity index (χ1v) is 19.2. The highest BCUT2D eigenvalue weighted by Gasteiger charge is 2.22. The second-order valence-electron chi connectivity index (χ2n) is 13.0. The zero-order valence-electron chi connectivity index (χ0n) is 29.9. The largest absolute Gasteiger partial charge is 0.494 e. The molecule has 0 aliphatic rings. The van der Waals surface area contributed by atoms with E-state index in [1.54, 1.807) is 60.7 Å². The lowest BCUT2D eigenvalue weighted by molar-refractivity contribution is 0.0729. The Labute approximate surface area is 293 Å². The van der Waals surface area contributed by atoms with E-state index in [2.05, 4.69) is 34.6 Å². The summed E-state index contributed by atoms with van der Waals surface area (Å²) in [4.78, 5) is 35.6. The second kappa shape index (κ2) is 21.5. The highest BCUT2D eigenvalue weighted by atomic mass is 31.1. The van der Waals surface area contributed by atoms with Crippen molar-refractivity contribution in [1.29, 1.82) is 0 Å². The van der Waals surface area contributed by atoms with Crippen LogP contribution in [-0.2, 0) is 17.4 Å². The molecule has 0 spiro atoms. The van der Waals surface area contributed by atoms with Crippen LogP contribution in [0.25, 0.3) is 0 Å². The van der Waals surface area contributed by atoms with Crippen LogP contribution in [0.4, 0.5) is 0 Å². The van der Waals surface area contributed by atoms with E-state index in [1.807, 2.05) is 0 Å². The van der Waals surface area contributed by atoms with Crippen LogP contribution in [0.3, 0.4) is 0 Å². The summed E-state index contributed by atoms with van der Waals surface area (Å²) in [7, 11) is -3.22. The molecule has 0 saturated heterocycles. The Morgan fingerprint density at radius 2 is 1.10 bits per heavy atom. The number of benzene rings is 3. The Kier molecular flexibility index (Phi) is 17.5. The van der Waals surface area contributed by atoms with Crippen molar-refractivity contribution >= 4 is 20.2 Å². The Hall–Kier alpha value is -3.61. The first-order valence-electron chi connectivity index (χ1n) is 18.0. The molecule has 0 aromatic heterocycles. The van der Waals surface area contributed by atoms with E-state index in [-0.39, 0.29) is 17.4 Å².